The van der Waals surface area contributed by atoms with Crippen LogP contribution in [-0.4, -0.2) is 28.1 Å². The van der Waals surface area contributed by atoms with Crippen LogP contribution in [0.25, 0.3) is 0 Å². The summed E-state index contributed by atoms with van der Waals surface area (Å²) in [6.07, 6.45) is -0.0276. The topological polar surface area (TPSA) is 66.3 Å². The monoisotopic (exact) mass is 283 g/mol. The third kappa shape index (κ3) is 3.27. The van der Waals surface area contributed by atoms with Crippen LogP contribution in [0, 0.1) is 6.92 Å². The minimum Gasteiger partial charge on any atom is -0.481 e. The second-order valence-corrected chi connectivity index (χ2v) is 5.80. The van der Waals surface area contributed by atoms with E-state index in [0.717, 1.165) is 15.8 Å². The Morgan fingerprint density at radius 2 is 2.06 bits per heavy atom. The van der Waals surface area contributed by atoms with Crippen LogP contribution in [0.5, 0.6) is 0 Å². The average molecular weight is 283 g/mol. The minimum atomic E-state index is -0.857. The van der Waals surface area contributed by atoms with Crippen molar-refractivity contribution in [3.05, 3.63) is 27.2 Å². The molecule has 0 radical (unpaired) electrons. The highest BCUT2D eigenvalue weighted by molar-refractivity contribution is 7.13. The first-order valence-corrected chi connectivity index (χ1v) is 7.09. The zero-order chi connectivity index (χ0) is 13.1. The summed E-state index contributed by atoms with van der Waals surface area (Å²) < 4.78 is 0. The van der Waals surface area contributed by atoms with E-state index in [2.05, 4.69) is 9.97 Å². The summed E-state index contributed by atoms with van der Waals surface area (Å²) >= 11 is 3.08. The van der Waals surface area contributed by atoms with Crippen molar-refractivity contribution in [3.63, 3.8) is 0 Å². The number of anilines is 1. The number of carboxylic acids is 1. The van der Waals surface area contributed by atoms with Crippen LogP contribution in [0.15, 0.2) is 10.8 Å². The molecular formula is C11H13N3O2S2. The molecular weight excluding hydrogens is 270 g/mol. The number of rotatable bonds is 5. The molecule has 18 heavy (non-hydrogen) atoms. The van der Waals surface area contributed by atoms with Gasteiger partial charge in [-0.2, -0.15) is 0 Å². The maximum atomic E-state index is 10.6. The van der Waals surface area contributed by atoms with Crippen molar-refractivity contribution in [2.24, 2.45) is 0 Å². The predicted molar refractivity (Wildman–Crippen MR) is 72.4 cm³/mol. The number of thiazole rings is 2. The number of hydrogen-bond donors (Lipinski definition) is 1. The first-order valence-electron chi connectivity index (χ1n) is 5.33. The van der Waals surface area contributed by atoms with Gasteiger partial charge in [-0.1, -0.05) is 0 Å². The first-order chi connectivity index (χ1) is 8.54. The molecule has 0 unspecified atom stereocenters. The maximum absolute atomic E-state index is 10.6. The normalized spacial score (nSPS) is 10.6. The summed E-state index contributed by atoms with van der Waals surface area (Å²) in [5, 5.41) is 14.4. The summed E-state index contributed by atoms with van der Waals surface area (Å²) in [7, 11) is 1.93. The van der Waals surface area contributed by atoms with Gasteiger partial charge < -0.3 is 10.0 Å². The van der Waals surface area contributed by atoms with Crippen LogP contribution in [0.1, 0.15) is 16.4 Å². The molecule has 1 N–H and O–H groups in total. The summed E-state index contributed by atoms with van der Waals surface area (Å²) in [4.78, 5) is 21.2. The number of hydrogen-bond acceptors (Lipinski definition) is 6. The van der Waals surface area contributed by atoms with Crippen LogP contribution in [-0.2, 0) is 17.8 Å². The first kappa shape index (κ1) is 13.0. The fraction of sp³-hybridized carbons (Fsp3) is 0.364. The van der Waals surface area contributed by atoms with Crippen molar-refractivity contribution >= 4 is 33.8 Å². The van der Waals surface area contributed by atoms with Crippen LogP contribution in [0.4, 0.5) is 5.13 Å². The van der Waals surface area contributed by atoms with Gasteiger partial charge in [-0.05, 0) is 6.92 Å². The zero-order valence-electron chi connectivity index (χ0n) is 10.1. The van der Waals surface area contributed by atoms with Gasteiger partial charge in [0, 0.05) is 17.8 Å². The van der Waals surface area contributed by atoms with Crippen molar-refractivity contribution in [1.82, 2.24) is 9.97 Å². The Morgan fingerprint density at radius 1 is 1.33 bits per heavy atom. The van der Waals surface area contributed by atoms with Crippen LogP contribution < -0.4 is 4.90 Å². The molecule has 0 aromatic carbocycles. The molecule has 0 bridgehead atoms. The van der Waals surface area contributed by atoms with E-state index in [9.17, 15) is 4.79 Å². The lowest BCUT2D eigenvalue weighted by atomic mass is 10.3. The number of aromatic nitrogens is 2. The molecule has 2 aromatic heterocycles. The maximum Gasteiger partial charge on any atom is 0.309 e. The molecule has 0 aliphatic heterocycles. The smallest absolute Gasteiger partial charge is 0.309 e. The van der Waals surface area contributed by atoms with Gasteiger partial charge in [-0.25, -0.2) is 9.97 Å². The van der Waals surface area contributed by atoms with E-state index in [0.29, 0.717) is 12.2 Å². The predicted octanol–water partition coefficient (Wildman–Crippen LogP) is 2.17. The van der Waals surface area contributed by atoms with E-state index in [-0.39, 0.29) is 6.42 Å². The lowest BCUT2D eigenvalue weighted by Gasteiger charge is -2.13. The zero-order valence-corrected chi connectivity index (χ0v) is 11.7. The lowest BCUT2D eigenvalue weighted by Crippen LogP contribution is -2.16. The largest absolute Gasteiger partial charge is 0.481 e. The molecule has 0 saturated heterocycles. The number of nitrogens with zero attached hydrogens (tertiary/aromatic N) is 3. The molecule has 0 spiro atoms. The highest BCUT2D eigenvalue weighted by Crippen LogP contribution is 2.21. The van der Waals surface area contributed by atoms with Gasteiger partial charge in [0.2, 0.25) is 0 Å². The van der Waals surface area contributed by atoms with Gasteiger partial charge in [0.15, 0.2) is 5.13 Å². The van der Waals surface area contributed by atoms with E-state index in [1.165, 1.54) is 11.3 Å². The van der Waals surface area contributed by atoms with Gasteiger partial charge in [0.1, 0.15) is 0 Å². The molecule has 0 aliphatic carbocycles. The summed E-state index contributed by atoms with van der Waals surface area (Å²) in [5.41, 5.74) is 1.61. The molecule has 7 heteroatoms. The Labute approximate surface area is 113 Å². The lowest BCUT2D eigenvalue weighted by molar-refractivity contribution is -0.136. The Kier molecular flexibility index (Phi) is 3.93. The molecule has 2 aromatic rings. The van der Waals surface area contributed by atoms with Crippen molar-refractivity contribution in [2.75, 3.05) is 11.9 Å². The Morgan fingerprint density at radius 3 is 2.67 bits per heavy atom. The SMILES string of the molecule is Cc1nc(CN(C)c2nc(CC(=O)O)cs2)cs1. The molecule has 0 amide bonds. The highest BCUT2D eigenvalue weighted by atomic mass is 32.1. The summed E-state index contributed by atoms with van der Waals surface area (Å²) in [6.45, 7) is 2.66. The molecule has 0 saturated carbocycles. The van der Waals surface area contributed by atoms with Crippen LogP contribution >= 0.6 is 22.7 Å². The molecule has 2 heterocycles. The summed E-state index contributed by atoms with van der Waals surface area (Å²) in [6, 6.07) is 0. The quantitative estimate of drug-likeness (QED) is 0.911. The Balaban J connectivity index is 2.02. The van der Waals surface area contributed by atoms with Crippen molar-refractivity contribution in [3.8, 4) is 0 Å². The molecule has 0 atom stereocenters. The van der Waals surface area contributed by atoms with E-state index >= 15 is 0 Å². The summed E-state index contributed by atoms with van der Waals surface area (Å²) in [5.74, 6) is -0.857. The number of aryl methyl sites for hydroxylation is 1. The van der Waals surface area contributed by atoms with Gasteiger partial charge in [-0.3, -0.25) is 4.79 Å². The van der Waals surface area contributed by atoms with Crippen LogP contribution in [0.3, 0.4) is 0 Å². The van der Waals surface area contributed by atoms with Crippen molar-refractivity contribution < 1.29 is 9.90 Å². The van der Waals surface area contributed by atoms with Gasteiger partial charge in [-0.15, -0.1) is 22.7 Å². The van der Waals surface area contributed by atoms with E-state index in [1.807, 2.05) is 24.3 Å². The van der Waals surface area contributed by atoms with Crippen LogP contribution in [0.2, 0.25) is 0 Å². The number of carboxylic acid groups (broad SMARTS) is 1. The Bertz CT molecular complexity index is 550. The standard InChI is InChI=1S/C11H13N3O2S2/c1-7-12-9(6-17-7)4-14(2)11-13-8(5-18-11)3-10(15)16/h5-6H,3-4H2,1-2H3,(H,15,16). The third-order valence-electron chi connectivity index (χ3n) is 2.26. The van der Waals surface area contributed by atoms with Gasteiger partial charge >= 0.3 is 5.97 Å². The molecule has 96 valence electrons. The average Bonchev–Trinajstić information content (AvgIpc) is 2.87. The van der Waals surface area contributed by atoms with E-state index in [4.69, 9.17) is 5.11 Å². The second-order valence-electron chi connectivity index (χ2n) is 3.91. The molecule has 5 nitrogen and oxygen atoms in total. The molecule has 0 aliphatic rings. The van der Waals surface area contributed by atoms with Gasteiger partial charge in [0.25, 0.3) is 0 Å². The second kappa shape index (κ2) is 5.45. The van der Waals surface area contributed by atoms with E-state index < -0.39 is 5.97 Å². The van der Waals surface area contributed by atoms with E-state index in [1.54, 1.807) is 16.7 Å². The molecule has 0 fully saturated rings. The molecule has 2 rings (SSSR count). The number of carbonyl (C=O) groups is 1. The highest BCUT2D eigenvalue weighted by Gasteiger charge is 2.11. The Hall–Kier alpha value is -1.47. The fourth-order valence-electron chi connectivity index (χ4n) is 1.50. The third-order valence-corrected chi connectivity index (χ3v) is 4.09. The fourth-order valence-corrected chi connectivity index (χ4v) is 2.89. The van der Waals surface area contributed by atoms with Crippen molar-refractivity contribution in [2.45, 2.75) is 19.9 Å². The number of aliphatic carboxylic acids is 1. The minimum absolute atomic E-state index is 0.0276. The van der Waals surface area contributed by atoms with Crippen molar-refractivity contribution in [1.29, 1.82) is 0 Å². The van der Waals surface area contributed by atoms with Gasteiger partial charge in [0.05, 0.1) is 29.4 Å².